The minimum atomic E-state index is -1.15. The maximum atomic E-state index is 11.7. The molecule has 1 heterocycles. The highest BCUT2D eigenvalue weighted by Gasteiger charge is 2.38. The molecule has 1 aromatic rings. The second-order valence-corrected chi connectivity index (χ2v) is 6.49. The fraction of sp³-hybridized carbons (Fsp3) is 0.562. The van der Waals surface area contributed by atoms with Gasteiger partial charge in [-0.05, 0) is 55.8 Å². The molecule has 0 bridgehead atoms. The van der Waals surface area contributed by atoms with Gasteiger partial charge in [0.15, 0.2) is 0 Å². The third-order valence-corrected chi connectivity index (χ3v) is 4.52. The SMILES string of the molecule is C[C@@H]1C[C@H]([C@H](c2ccc(Cl)cc2)[C@H](N=[N+]=[N-])C(=O)O)C[C@H](C)O1. The van der Waals surface area contributed by atoms with Gasteiger partial charge in [0.05, 0.1) is 12.2 Å². The molecule has 1 aromatic carbocycles. The Hall–Kier alpha value is -1.75. The highest BCUT2D eigenvalue weighted by atomic mass is 35.5. The van der Waals surface area contributed by atoms with Gasteiger partial charge < -0.3 is 9.84 Å². The normalized spacial score (nSPS) is 26.8. The van der Waals surface area contributed by atoms with Crippen molar-refractivity contribution in [3.05, 3.63) is 45.3 Å². The van der Waals surface area contributed by atoms with Crippen molar-refractivity contribution in [2.75, 3.05) is 0 Å². The number of carboxylic acid groups (broad SMARTS) is 1. The molecule has 1 aliphatic heterocycles. The van der Waals surface area contributed by atoms with Gasteiger partial charge in [-0.15, -0.1) is 0 Å². The number of hydrogen-bond acceptors (Lipinski definition) is 3. The summed E-state index contributed by atoms with van der Waals surface area (Å²) in [6, 6.07) is 5.92. The molecule has 124 valence electrons. The van der Waals surface area contributed by atoms with Crippen LogP contribution in [0.25, 0.3) is 10.4 Å². The van der Waals surface area contributed by atoms with Crippen LogP contribution in [-0.4, -0.2) is 29.3 Å². The van der Waals surface area contributed by atoms with Crippen molar-refractivity contribution >= 4 is 17.6 Å². The number of aliphatic carboxylic acids is 1. The maximum absolute atomic E-state index is 11.7. The number of ether oxygens (including phenoxy) is 1. The zero-order chi connectivity index (χ0) is 17.0. The van der Waals surface area contributed by atoms with Crippen LogP contribution >= 0.6 is 11.6 Å². The van der Waals surface area contributed by atoms with Crippen molar-refractivity contribution < 1.29 is 14.6 Å². The summed E-state index contributed by atoms with van der Waals surface area (Å²) in [4.78, 5) is 14.4. The van der Waals surface area contributed by atoms with Crippen molar-refractivity contribution in [3.8, 4) is 0 Å². The van der Waals surface area contributed by atoms with Crippen LogP contribution in [0.5, 0.6) is 0 Å². The molecule has 5 atom stereocenters. The molecule has 1 saturated heterocycles. The Morgan fingerprint density at radius 3 is 2.39 bits per heavy atom. The summed E-state index contributed by atoms with van der Waals surface area (Å²) >= 11 is 5.93. The van der Waals surface area contributed by atoms with E-state index in [4.69, 9.17) is 21.9 Å². The summed E-state index contributed by atoms with van der Waals surface area (Å²) < 4.78 is 5.75. The minimum absolute atomic E-state index is 0.0408. The predicted molar refractivity (Wildman–Crippen MR) is 87.5 cm³/mol. The first kappa shape index (κ1) is 17.6. The number of halogens is 1. The summed E-state index contributed by atoms with van der Waals surface area (Å²) in [6.07, 6.45) is 1.53. The van der Waals surface area contributed by atoms with Gasteiger partial charge in [0.1, 0.15) is 6.04 Å². The van der Waals surface area contributed by atoms with Crippen LogP contribution in [0.1, 0.15) is 38.2 Å². The topological polar surface area (TPSA) is 95.3 Å². The molecule has 1 N–H and O–H groups in total. The molecule has 0 aromatic heterocycles. The van der Waals surface area contributed by atoms with E-state index in [1.807, 2.05) is 13.8 Å². The summed E-state index contributed by atoms with van der Waals surface area (Å²) in [5, 5.41) is 13.7. The molecule has 6 nitrogen and oxygen atoms in total. The van der Waals surface area contributed by atoms with Crippen molar-refractivity contribution in [2.45, 2.75) is 50.9 Å². The fourth-order valence-corrected chi connectivity index (χ4v) is 3.60. The van der Waals surface area contributed by atoms with Gasteiger partial charge >= 0.3 is 5.97 Å². The largest absolute Gasteiger partial charge is 0.481 e. The van der Waals surface area contributed by atoms with Crippen LogP contribution in [0.4, 0.5) is 0 Å². The molecule has 1 aliphatic rings. The van der Waals surface area contributed by atoms with E-state index in [1.54, 1.807) is 24.3 Å². The Labute approximate surface area is 140 Å². The molecular weight excluding hydrogens is 318 g/mol. The number of carboxylic acids is 1. The fourth-order valence-electron chi connectivity index (χ4n) is 3.48. The lowest BCUT2D eigenvalue weighted by Crippen LogP contribution is -2.38. The van der Waals surface area contributed by atoms with E-state index in [2.05, 4.69) is 10.0 Å². The average molecular weight is 338 g/mol. The third-order valence-electron chi connectivity index (χ3n) is 4.27. The standard InChI is InChI=1S/C16H20ClN3O3/c1-9-7-12(8-10(2)23-9)14(15(16(21)22)19-20-18)11-3-5-13(17)6-4-11/h3-6,9-10,12,14-15H,7-8H2,1-2H3,(H,21,22)/t9-,10+,12+,14-,15-/m0/s1. The Morgan fingerprint density at radius 2 is 1.91 bits per heavy atom. The van der Waals surface area contributed by atoms with Gasteiger partial charge in [-0.25, -0.2) is 0 Å². The lowest BCUT2D eigenvalue weighted by atomic mass is 9.74. The van der Waals surface area contributed by atoms with E-state index < -0.39 is 17.9 Å². The van der Waals surface area contributed by atoms with Crippen molar-refractivity contribution in [3.63, 3.8) is 0 Å². The van der Waals surface area contributed by atoms with Gasteiger partial charge in [0, 0.05) is 15.9 Å². The van der Waals surface area contributed by atoms with Crippen molar-refractivity contribution in [1.82, 2.24) is 0 Å². The summed E-state index contributed by atoms with van der Waals surface area (Å²) in [6.45, 7) is 3.95. The lowest BCUT2D eigenvalue weighted by molar-refractivity contribution is -0.140. The average Bonchev–Trinajstić information content (AvgIpc) is 2.47. The van der Waals surface area contributed by atoms with Gasteiger partial charge in [-0.2, -0.15) is 0 Å². The van der Waals surface area contributed by atoms with Gasteiger partial charge in [-0.3, -0.25) is 4.79 Å². The van der Waals surface area contributed by atoms with Gasteiger partial charge in [0.25, 0.3) is 0 Å². The Bertz CT molecular complexity index is 589. The van der Waals surface area contributed by atoms with Crippen LogP contribution in [-0.2, 0) is 9.53 Å². The minimum Gasteiger partial charge on any atom is -0.481 e. The molecule has 23 heavy (non-hydrogen) atoms. The quantitative estimate of drug-likeness (QED) is 0.490. The number of nitrogens with zero attached hydrogens (tertiary/aromatic N) is 3. The lowest BCUT2D eigenvalue weighted by Gasteiger charge is -2.38. The highest BCUT2D eigenvalue weighted by molar-refractivity contribution is 6.30. The first-order valence-electron chi connectivity index (χ1n) is 7.60. The molecule has 2 rings (SSSR count). The number of azide groups is 1. The molecule has 0 aliphatic carbocycles. The third kappa shape index (κ3) is 4.38. The first-order chi connectivity index (χ1) is 10.9. The van der Waals surface area contributed by atoms with E-state index in [9.17, 15) is 9.90 Å². The zero-order valence-electron chi connectivity index (χ0n) is 13.1. The molecule has 0 amide bonds. The van der Waals surface area contributed by atoms with Crippen LogP contribution in [0.15, 0.2) is 29.4 Å². The predicted octanol–water partition coefficient (Wildman–Crippen LogP) is 4.39. The second-order valence-electron chi connectivity index (χ2n) is 6.05. The second kappa shape index (κ2) is 7.68. The molecule has 0 spiro atoms. The van der Waals surface area contributed by atoms with Crippen LogP contribution < -0.4 is 0 Å². The van der Waals surface area contributed by atoms with Crippen molar-refractivity contribution in [2.24, 2.45) is 11.0 Å². The Balaban J connectivity index is 2.43. The smallest absolute Gasteiger partial charge is 0.313 e. The summed E-state index contributed by atoms with van der Waals surface area (Å²) in [7, 11) is 0. The molecule has 0 radical (unpaired) electrons. The van der Waals surface area contributed by atoms with Crippen LogP contribution in [0, 0.1) is 5.92 Å². The molecule has 7 heteroatoms. The number of benzene rings is 1. The van der Waals surface area contributed by atoms with E-state index in [1.165, 1.54) is 0 Å². The zero-order valence-corrected chi connectivity index (χ0v) is 13.8. The Morgan fingerprint density at radius 1 is 1.35 bits per heavy atom. The number of hydrogen-bond donors (Lipinski definition) is 1. The monoisotopic (exact) mass is 337 g/mol. The summed E-state index contributed by atoms with van der Waals surface area (Å²) in [5.41, 5.74) is 9.60. The van der Waals surface area contributed by atoms with Crippen LogP contribution in [0.2, 0.25) is 5.02 Å². The van der Waals surface area contributed by atoms with E-state index in [0.29, 0.717) is 5.02 Å². The summed E-state index contributed by atoms with van der Waals surface area (Å²) in [5.74, 6) is -1.47. The van der Waals surface area contributed by atoms with Crippen molar-refractivity contribution in [1.29, 1.82) is 0 Å². The molecule has 0 saturated carbocycles. The van der Waals surface area contributed by atoms with E-state index in [0.717, 1.165) is 18.4 Å². The maximum Gasteiger partial charge on any atom is 0.313 e. The van der Waals surface area contributed by atoms with E-state index in [-0.39, 0.29) is 18.1 Å². The highest BCUT2D eigenvalue weighted by Crippen LogP contribution is 2.40. The number of rotatable bonds is 5. The Kier molecular flexibility index (Phi) is 5.88. The number of carbonyl (C=O) groups is 1. The first-order valence-corrected chi connectivity index (χ1v) is 7.98. The van der Waals surface area contributed by atoms with Crippen LogP contribution in [0.3, 0.4) is 0 Å². The van der Waals surface area contributed by atoms with Gasteiger partial charge in [0.2, 0.25) is 0 Å². The van der Waals surface area contributed by atoms with E-state index >= 15 is 0 Å². The molecule has 1 fully saturated rings. The molecule has 0 unspecified atom stereocenters. The van der Waals surface area contributed by atoms with Gasteiger partial charge in [-0.1, -0.05) is 28.8 Å². The molecular formula is C16H20ClN3O3.